The van der Waals surface area contributed by atoms with Gasteiger partial charge in [-0.15, -0.1) is 0 Å². The predicted molar refractivity (Wildman–Crippen MR) is 43.1 cm³/mol. The van der Waals surface area contributed by atoms with Crippen molar-refractivity contribution in [1.29, 1.82) is 0 Å². The van der Waals surface area contributed by atoms with Crippen LogP contribution >= 0.6 is 0 Å². The van der Waals surface area contributed by atoms with Crippen LogP contribution in [-0.4, -0.2) is 12.1 Å². The monoisotopic (exact) mass is 276 g/mol. The lowest BCUT2D eigenvalue weighted by atomic mass is 10.2. The van der Waals surface area contributed by atoms with Crippen LogP contribution in [-0.2, 0) is 11.0 Å². The minimum atomic E-state index is -5.35. The van der Waals surface area contributed by atoms with Gasteiger partial charge in [-0.05, 0) is 18.2 Å². The van der Waals surface area contributed by atoms with E-state index in [-0.39, 0.29) is 12.1 Å². The lowest BCUT2D eigenvalue weighted by Gasteiger charge is -2.11. The summed E-state index contributed by atoms with van der Waals surface area (Å²) in [6.07, 6.45) is -10.5. The first-order chi connectivity index (χ1) is 8.01. The lowest BCUT2D eigenvalue weighted by Crippen LogP contribution is -2.28. The van der Waals surface area contributed by atoms with Gasteiger partial charge in [-0.3, -0.25) is 0 Å². The van der Waals surface area contributed by atoms with E-state index in [1.165, 1.54) is 0 Å². The molecule has 0 atom stereocenters. The van der Waals surface area contributed by atoms with Crippen molar-refractivity contribution in [1.82, 2.24) is 0 Å². The molecule has 0 aliphatic heterocycles. The third-order valence-electron chi connectivity index (χ3n) is 1.69. The van der Waals surface area contributed by atoms with Crippen LogP contribution in [0.25, 0.3) is 0 Å². The van der Waals surface area contributed by atoms with Gasteiger partial charge in [0.05, 0.1) is 5.56 Å². The number of esters is 1. The Morgan fingerprint density at radius 2 is 1.61 bits per heavy atom. The van der Waals surface area contributed by atoms with Crippen LogP contribution < -0.4 is 4.74 Å². The molecular formula is C9H3F7O2. The summed E-state index contributed by atoms with van der Waals surface area (Å²) in [5.41, 5.74) is -1.82. The second kappa shape index (κ2) is 4.46. The van der Waals surface area contributed by atoms with Gasteiger partial charge in [0.2, 0.25) is 0 Å². The van der Waals surface area contributed by atoms with E-state index in [9.17, 15) is 35.5 Å². The van der Waals surface area contributed by atoms with Crippen molar-refractivity contribution in [2.24, 2.45) is 0 Å². The van der Waals surface area contributed by atoms with Crippen molar-refractivity contribution in [3.8, 4) is 5.75 Å². The largest absolute Gasteiger partial charge is 0.491 e. The molecule has 1 rings (SSSR count). The molecule has 1 aromatic rings. The molecule has 2 nitrogen and oxygen atoms in total. The highest BCUT2D eigenvalue weighted by Gasteiger charge is 2.42. The Labute approximate surface area is 95.0 Å². The number of alkyl halides is 6. The quantitative estimate of drug-likeness (QED) is 0.447. The Hall–Kier alpha value is -1.80. The van der Waals surface area contributed by atoms with Crippen molar-refractivity contribution < 1.29 is 40.3 Å². The average molecular weight is 276 g/mol. The smallest absolute Gasteiger partial charge is 0.420 e. The first-order valence-corrected chi connectivity index (χ1v) is 4.17. The van der Waals surface area contributed by atoms with Crippen LogP contribution in [0.1, 0.15) is 5.56 Å². The SMILES string of the molecule is O=C(Oc1ccc(F)c(C(F)(F)F)c1)C(F)(F)F. The second-order valence-electron chi connectivity index (χ2n) is 3.03. The molecule has 0 bridgehead atoms. The minimum Gasteiger partial charge on any atom is -0.420 e. The van der Waals surface area contributed by atoms with E-state index in [0.717, 1.165) is 0 Å². The zero-order valence-electron chi connectivity index (χ0n) is 8.19. The zero-order valence-corrected chi connectivity index (χ0v) is 8.19. The molecule has 100 valence electrons. The first kappa shape index (κ1) is 14.3. The van der Waals surface area contributed by atoms with Crippen LogP contribution in [0.15, 0.2) is 18.2 Å². The summed E-state index contributed by atoms with van der Waals surface area (Å²) in [6, 6.07) is 0.703. The molecule has 0 spiro atoms. The van der Waals surface area contributed by atoms with Gasteiger partial charge in [0, 0.05) is 0 Å². The van der Waals surface area contributed by atoms with Crippen LogP contribution in [0.4, 0.5) is 30.7 Å². The predicted octanol–water partition coefficient (Wildman–Crippen LogP) is 3.31. The van der Waals surface area contributed by atoms with Crippen LogP contribution in [0.2, 0.25) is 0 Å². The standard InChI is InChI=1S/C9H3F7O2/c10-6-2-1-4(3-5(6)8(11,12)13)18-7(17)9(14,15)16/h1-3H. The fraction of sp³-hybridized carbons (Fsp3) is 0.222. The summed E-state index contributed by atoms with van der Waals surface area (Å²) in [7, 11) is 0. The number of hydrogen-bond acceptors (Lipinski definition) is 2. The van der Waals surface area contributed by atoms with E-state index in [0.29, 0.717) is 6.07 Å². The third-order valence-corrected chi connectivity index (χ3v) is 1.69. The van der Waals surface area contributed by atoms with Gasteiger partial charge in [-0.1, -0.05) is 0 Å². The molecule has 0 aromatic heterocycles. The molecule has 0 amide bonds. The number of halogens is 7. The second-order valence-corrected chi connectivity index (χ2v) is 3.03. The van der Waals surface area contributed by atoms with Crippen LogP contribution in [0.3, 0.4) is 0 Å². The van der Waals surface area contributed by atoms with Crippen molar-refractivity contribution in [2.75, 3.05) is 0 Å². The van der Waals surface area contributed by atoms with Crippen LogP contribution in [0.5, 0.6) is 5.75 Å². The van der Waals surface area contributed by atoms with E-state index in [4.69, 9.17) is 0 Å². The van der Waals surface area contributed by atoms with E-state index in [1.54, 1.807) is 0 Å². The van der Waals surface area contributed by atoms with Crippen molar-refractivity contribution in [3.05, 3.63) is 29.6 Å². The van der Waals surface area contributed by atoms with Gasteiger partial charge in [0.15, 0.2) is 0 Å². The van der Waals surface area contributed by atoms with Gasteiger partial charge in [-0.25, -0.2) is 9.18 Å². The number of carbonyl (C=O) groups excluding carboxylic acids is 1. The fourth-order valence-corrected chi connectivity index (χ4v) is 0.950. The third kappa shape index (κ3) is 3.34. The summed E-state index contributed by atoms with van der Waals surface area (Å²) < 4.78 is 88.3. The summed E-state index contributed by atoms with van der Waals surface area (Å²) in [6.45, 7) is 0. The highest BCUT2D eigenvalue weighted by molar-refractivity contribution is 5.78. The van der Waals surface area contributed by atoms with E-state index >= 15 is 0 Å². The molecule has 0 saturated heterocycles. The van der Waals surface area contributed by atoms with Gasteiger partial charge >= 0.3 is 18.3 Å². The molecule has 0 N–H and O–H groups in total. The van der Waals surface area contributed by atoms with Gasteiger partial charge in [0.1, 0.15) is 11.6 Å². The van der Waals surface area contributed by atoms with E-state index in [1.807, 2.05) is 0 Å². The van der Waals surface area contributed by atoms with Gasteiger partial charge in [0.25, 0.3) is 0 Å². The maximum absolute atomic E-state index is 12.8. The Bertz CT molecular complexity index is 461. The van der Waals surface area contributed by atoms with Gasteiger partial charge < -0.3 is 4.74 Å². The molecule has 0 fully saturated rings. The summed E-state index contributed by atoms with van der Waals surface area (Å²) >= 11 is 0. The van der Waals surface area contributed by atoms with Crippen molar-refractivity contribution in [3.63, 3.8) is 0 Å². The molecule has 18 heavy (non-hydrogen) atoms. The average Bonchev–Trinajstić information content (AvgIpc) is 2.17. The number of carbonyl (C=O) groups is 1. The van der Waals surface area contributed by atoms with Gasteiger partial charge in [-0.2, -0.15) is 26.3 Å². The number of rotatable bonds is 1. The number of hydrogen-bond donors (Lipinski definition) is 0. The Morgan fingerprint density at radius 1 is 1.06 bits per heavy atom. The molecule has 1 aromatic carbocycles. The highest BCUT2D eigenvalue weighted by Crippen LogP contribution is 2.34. The molecule has 0 unspecified atom stereocenters. The Morgan fingerprint density at radius 3 is 2.06 bits per heavy atom. The fourth-order valence-electron chi connectivity index (χ4n) is 0.950. The molecule has 0 heterocycles. The number of ether oxygens (including phenoxy) is 1. The lowest BCUT2D eigenvalue weighted by molar-refractivity contribution is -0.189. The minimum absolute atomic E-state index is 0.0288. The topological polar surface area (TPSA) is 26.3 Å². The summed E-state index contributed by atoms with van der Waals surface area (Å²) in [5.74, 6) is -5.43. The summed E-state index contributed by atoms with van der Waals surface area (Å²) in [5, 5.41) is 0. The molecule has 9 heteroatoms. The molecule has 0 saturated carbocycles. The summed E-state index contributed by atoms with van der Waals surface area (Å²) in [4.78, 5) is 10.4. The van der Waals surface area contributed by atoms with E-state index in [2.05, 4.69) is 4.74 Å². The maximum atomic E-state index is 12.8. The maximum Gasteiger partial charge on any atom is 0.491 e. The highest BCUT2D eigenvalue weighted by atomic mass is 19.4. The number of benzene rings is 1. The first-order valence-electron chi connectivity index (χ1n) is 4.17. The Kier molecular flexibility index (Phi) is 3.54. The molecule has 0 aliphatic carbocycles. The van der Waals surface area contributed by atoms with Crippen molar-refractivity contribution >= 4 is 5.97 Å². The van der Waals surface area contributed by atoms with Crippen LogP contribution in [0, 0.1) is 5.82 Å². The Balaban J connectivity index is 3.04. The van der Waals surface area contributed by atoms with Crippen molar-refractivity contribution in [2.45, 2.75) is 12.4 Å². The molecule has 0 aliphatic rings. The molecule has 0 radical (unpaired) electrons. The zero-order chi connectivity index (χ0) is 14.1. The normalized spacial score (nSPS) is 12.4. The van der Waals surface area contributed by atoms with E-state index < -0.39 is 35.5 Å². The molecular weight excluding hydrogens is 273 g/mol.